The average molecular weight is 354 g/mol. The number of pyridine rings is 1. The SMILES string of the molecule is CC(C)NCc1cnccc1N(C)Cc1cc(Br)cs1. The Balaban J connectivity index is 2.10. The van der Waals surface area contributed by atoms with E-state index in [1.807, 2.05) is 12.4 Å². The number of halogens is 1. The number of hydrogen-bond donors (Lipinski definition) is 1. The Labute approximate surface area is 133 Å². The maximum absolute atomic E-state index is 4.25. The molecule has 20 heavy (non-hydrogen) atoms. The van der Waals surface area contributed by atoms with Gasteiger partial charge in [0, 0.05) is 58.0 Å². The van der Waals surface area contributed by atoms with E-state index in [0.29, 0.717) is 6.04 Å². The van der Waals surface area contributed by atoms with Crippen LogP contribution in [0.1, 0.15) is 24.3 Å². The molecule has 2 aromatic heterocycles. The molecule has 2 aromatic rings. The fourth-order valence-electron chi connectivity index (χ4n) is 2.00. The number of rotatable bonds is 6. The molecule has 1 N–H and O–H groups in total. The molecule has 5 heteroatoms. The smallest absolute Gasteiger partial charge is 0.0520 e. The quantitative estimate of drug-likeness (QED) is 0.849. The molecule has 0 spiro atoms. The summed E-state index contributed by atoms with van der Waals surface area (Å²) in [6.45, 7) is 6.07. The van der Waals surface area contributed by atoms with Crippen molar-refractivity contribution in [1.29, 1.82) is 0 Å². The second kappa shape index (κ2) is 7.20. The number of anilines is 1. The predicted octanol–water partition coefficient (Wildman–Crippen LogP) is 4.04. The molecule has 0 aliphatic rings. The first-order chi connectivity index (χ1) is 9.56. The zero-order valence-corrected chi connectivity index (χ0v) is 14.5. The highest BCUT2D eigenvalue weighted by atomic mass is 79.9. The third kappa shape index (κ3) is 4.30. The third-order valence-electron chi connectivity index (χ3n) is 3.00. The summed E-state index contributed by atoms with van der Waals surface area (Å²) < 4.78 is 1.15. The minimum absolute atomic E-state index is 0.474. The zero-order chi connectivity index (χ0) is 14.5. The van der Waals surface area contributed by atoms with Gasteiger partial charge in [-0.3, -0.25) is 4.98 Å². The van der Waals surface area contributed by atoms with Gasteiger partial charge in [-0.05, 0) is 28.1 Å². The Morgan fingerprint density at radius 1 is 1.45 bits per heavy atom. The van der Waals surface area contributed by atoms with Gasteiger partial charge in [0.2, 0.25) is 0 Å². The van der Waals surface area contributed by atoms with Crippen molar-refractivity contribution in [3.05, 3.63) is 44.8 Å². The molecule has 0 saturated carbocycles. The monoisotopic (exact) mass is 353 g/mol. The number of nitrogens with one attached hydrogen (secondary N) is 1. The van der Waals surface area contributed by atoms with E-state index in [0.717, 1.165) is 17.6 Å². The molecule has 2 heterocycles. The molecule has 0 unspecified atom stereocenters. The van der Waals surface area contributed by atoms with Crippen LogP contribution in [0.3, 0.4) is 0 Å². The summed E-state index contributed by atoms with van der Waals surface area (Å²) in [6, 6.07) is 4.73. The van der Waals surface area contributed by atoms with Gasteiger partial charge in [0.1, 0.15) is 0 Å². The summed E-state index contributed by atoms with van der Waals surface area (Å²) >= 11 is 5.28. The standard InChI is InChI=1S/C15H20BrN3S/c1-11(2)18-8-12-7-17-5-4-15(12)19(3)9-14-6-13(16)10-20-14/h4-7,10-11,18H,8-9H2,1-3H3. The van der Waals surface area contributed by atoms with Gasteiger partial charge >= 0.3 is 0 Å². The molecule has 0 radical (unpaired) electrons. The third-order valence-corrected chi connectivity index (χ3v) is 4.69. The summed E-state index contributed by atoms with van der Waals surface area (Å²) in [5, 5.41) is 5.58. The highest BCUT2D eigenvalue weighted by molar-refractivity contribution is 9.10. The minimum atomic E-state index is 0.474. The van der Waals surface area contributed by atoms with Crippen molar-refractivity contribution >= 4 is 33.0 Å². The first-order valence-corrected chi connectivity index (χ1v) is 8.34. The molecule has 3 nitrogen and oxygen atoms in total. The maximum Gasteiger partial charge on any atom is 0.0520 e. The Bertz CT molecular complexity index is 554. The Hall–Kier alpha value is -0.910. The predicted molar refractivity (Wildman–Crippen MR) is 90.3 cm³/mol. The normalized spacial score (nSPS) is 11.1. The van der Waals surface area contributed by atoms with E-state index in [1.54, 1.807) is 11.3 Å². The van der Waals surface area contributed by atoms with Crippen molar-refractivity contribution in [1.82, 2.24) is 10.3 Å². The van der Waals surface area contributed by atoms with Crippen LogP contribution >= 0.6 is 27.3 Å². The molecule has 0 fully saturated rings. The lowest BCUT2D eigenvalue weighted by Gasteiger charge is -2.22. The van der Waals surface area contributed by atoms with Crippen LogP contribution in [0.5, 0.6) is 0 Å². The van der Waals surface area contributed by atoms with Crippen LogP contribution in [0.25, 0.3) is 0 Å². The van der Waals surface area contributed by atoms with Gasteiger partial charge in [0.25, 0.3) is 0 Å². The van der Waals surface area contributed by atoms with Crippen LogP contribution in [0.15, 0.2) is 34.4 Å². The van der Waals surface area contributed by atoms with E-state index in [1.165, 1.54) is 16.1 Å². The van der Waals surface area contributed by atoms with Crippen LogP contribution in [0.4, 0.5) is 5.69 Å². The van der Waals surface area contributed by atoms with Crippen LogP contribution in [0.2, 0.25) is 0 Å². The van der Waals surface area contributed by atoms with Crippen LogP contribution in [-0.2, 0) is 13.1 Å². The summed E-state index contributed by atoms with van der Waals surface area (Å²) in [4.78, 5) is 7.87. The number of aromatic nitrogens is 1. The van der Waals surface area contributed by atoms with Gasteiger partial charge < -0.3 is 10.2 Å². The van der Waals surface area contributed by atoms with Gasteiger partial charge in [0.05, 0.1) is 6.54 Å². The molecule has 0 saturated heterocycles. The van der Waals surface area contributed by atoms with Crippen LogP contribution < -0.4 is 10.2 Å². The molecule has 0 aliphatic heterocycles. The molecular weight excluding hydrogens is 334 g/mol. The fourth-order valence-corrected chi connectivity index (χ4v) is 3.50. The van der Waals surface area contributed by atoms with E-state index >= 15 is 0 Å². The molecule has 0 aliphatic carbocycles. The highest BCUT2D eigenvalue weighted by Crippen LogP contribution is 2.24. The maximum atomic E-state index is 4.25. The van der Waals surface area contributed by atoms with Gasteiger partial charge in [-0.15, -0.1) is 11.3 Å². The van der Waals surface area contributed by atoms with Crippen LogP contribution in [-0.4, -0.2) is 18.1 Å². The van der Waals surface area contributed by atoms with Crippen LogP contribution in [0, 0.1) is 0 Å². The Morgan fingerprint density at radius 2 is 2.25 bits per heavy atom. The van der Waals surface area contributed by atoms with Crippen molar-refractivity contribution in [2.75, 3.05) is 11.9 Å². The number of hydrogen-bond acceptors (Lipinski definition) is 4. The topological polar surface area (TPSA) is 28.2 Å². The van der Waals surface area contributed by atoms with Gasteiger partial charge in [-0.1, -0.05) is 13.8 Å². The van der Waals surface area contributed by atoms with Gasteiger partial charge in [-0.25, -0.2) is 0 Å². The largest absolute Gasteiger partial charge is 0.369 e. The molecule has 0 bridgehead atoms. The van der Waals surface area contributed by atoms with E-state index in [4.69, 9.17) is 0 Å². The lowest BCUT2D eigenvalue weighted by atomic mass is 10.2. The lowest BCUT2D eigenvalue weighted by Crippen LogP contribution is -2.24. The highest BCUT2D eigenvalue weighted by Gasteiger charge is 2.09. The van der Waals surface area contributed by atoms with Gasteiger partial charge in [0.15, 0.2) is 0 Å². The zero-order valence-electron chi connectivity index (χ0n) is 12.1. The lowest BCUT2D eigenvalue weighted by molar-refractivity contribution is 0.587. The average Bonchev–Trinajstić information content (AvgIpc) is 2.82. The number of thiophene rings is 1. The van der Waals surface area contributed by atoms with Crippen molar-refractivity contribution in [3.8, 4) is 0 Å². The molecule has 0 aromatic carbocycles. The van der Waals surface area contributed by atoms with E-state index in [2.05, 4.69) is 69.5 Å². The summed E-state index contributed by atoms with van der Waals surface area (Å²) in [7, 11) is 2.13. The molecule has 0 atom stereocenters. The van der Waals surface area contributed by atoms with Crippen molar-refractivity contribution in [3.63, 3.8) is 0 Å². The molecule has 0 amide bonds. The summed E-state index contributed by atoms with van der Waals surface area (Å²) in [5.74, 6) is 0. The second-order valence-corrected chi connectivity index (χ2v) is 7.04. The first-order valence-electron chi connectivity index (χ1n) is 6.66. The first kappa shape index (κ1) is 15.5. The molecule has 2 rings (SSSR count). The van der Waals surface area contributed by atoms with Crippen molar-refractivity contribution in [2.45, 2.75) is 33.0 Å². The Morgan fingerprint density at radius 3 is 2.90 bits per heavy atom. The summed E-state index contributed by atoms with van der Waals surface area (Å²) in [6.07, 6.45) is 3.81. The number of nitrogens with zero attached hydrogens (tertiary/aromatic N) is 2. The van der Waals surface area contributed by atoms with Crippen molar-refractivity contribution < 1.29 is 0 Å². The van der Waals surface area contributed by atoms with Gasteiger partial charge in [-0.2, -0.15) is 0 Å². The van der Waals surface area contributed by atoms with E-state index in [9.17, 15) is 0 Å². The minimum Gasteiger partial charge on any atom is -0.369 e. The van der Waals surface area contributed by atoms with Crippen molar-refractivity contribution in [2.24, 2.45) is 0 Å². The second-order valence-electron chi connectivity index (χ2n) is 5.13. The molecule has 108 valence electrons. The Kier molecular flexibility index (Phi) is 5.57. The fraction of sp³-hybridized carbons (Fsp3) is 0.400. The molecular formula is C15H20BrN3S. The van der Waals surface area contributed by atoms with E-state index in [-0.39, 0.29) is 0 Å². The summed E-state index contributed by atoms with van der Waals surface area (Å²) in [5.41, 5.74) is 2.47. The van der Waals surface area contributed by atoms with E-state index < -0.39 is 0 Å².